The zero-order chi connectivity index (χ0) is 13.3. The van der Waals surface area contributed by atoms with Crippen LogP contribution >= 0.6 is 0 Å². The standard InChI is InChI=1S/C12H10F4O2/c13-9-6-7(3-4-8(9)12(14,15)16)11(17)10-2-1-5-18-10/h3-4,6,10H,1-2,5H2. The van der Waals surface area contributed by atoms with E-state index < -0.39 is 29.4 Å². The fourth-order valence-corrected chi connectivity index (χ4v) is 1.87. The van der Waals surface area contributed by atoms with Crippen molar-refractivity contribution >= 4 is 5.78 Å². The number of ether oxygens (including phenoxy) is 1. The van der Waals surface area contributed by atoms with Crippen molar-refractivity contribution < 1.29 is 27.1 Å². The van der Waals surface area contributed by atoms with E-state index in [1.807, 2.05) is 0 Å². The lowest BCUT2D eigenvalue weighted by molar-refractivity contribution is -0.140. The number of hydrogen-bond acceptors (Lipinski definition) is 2. The molecule has 1 fully saturated rings. The molecule has 0 radical (unpaired) electrons. The van der Waals surface area contributed by atoms with E-state index in [2.05, 4.69) is 0 Å². The number of benzene rings is 1. The Hall–Kier alpha value is -1.43. The number of carbonyl (C=O) groups excluding carboxylic acids is 1. The van der Waals surface area contributed by atoms with Gasteiger partial charge >= 0.3 is 6.18 Å². The third kappa shape index (κ3) is 2.53. The fraction of sp³-hybridized carbons (Fsp3) is 0.417. The number of ketones is 1. The number of hydrogen-bond donors (Lipinski definition) is 0. The average Bonchev–Trinajstić information content (AvgIpc) is 2.79. The van der Waals surface area contributed by atoms with E-state index in [0.717, 1.165) is 12.5 Å². The van der Waals surface area contributed by atoms with E-state index in [4.69, 9.17) is 4.74 Å². The van der Waals surface area contributed by atoms with Crippen LogP contribution in [0.4, 0.5) is 17.6 Å². The molecule has 0 N–H and O–H groups in total. The number of carbonyl (C=O) groups is 1. The molecule has 0 spiro atoms. The molecule has 1 heterocycles. The quantitative estimate of drug-likeness (QED) is 0.604. The van der Waals surface area contributed by atoms with Gasteiger partial charge in [0.25, 0.3) is 0 Å². The van der Waals surface area contributed by atoms with E-state index in [-0.39, 0.29) is 5.56 Å². The molecule has 0 aromatic heterocycles. The Balaban J connectivity index is 2.26. The van der Waals surface area contributed by atoms with Crippen molar-refractivity contribution in [3.8, 4) is 0 Å². The first-order valence-electron chi connectivity index (χ1n) is 5.42. The SMILES string of the molecule is O=C(c1ccc(C(F)(F)F)c(F)c1)C1CCCO1. The molecule has 1 aliphatic rings. The molecule has 1 saturated heterocycles. The molecule has 0 amide bonds. The summed E-state index contributed by atoms with van der Waals surface area (Å²) in [6, 6.07) is 2.18. The van der Waals surface area contributed by atoms with Gasteiger partial charge in [-0.3, -0.25) is 4.79 Å². The van der Waals surface area contributed by atoms with Gasteiger partial charge in [-0.2, -0.15) is 13.2 Å². The van der Waals surface area contributed by atoms with Gasteiger partial charge in [0, 0.05) is 12.2 Å². The smallest absolute Gasteiger partial charge is 0.370 e. The fourth-order valence-electron chi connectivity index (χ4n) is 1.87. The highest BCUT2D eigenvalue weighted by Gasteiger charge is 2.34. The Kier molecular flexibility index (Phi) is 3.38. The summed E-state index contributed by atoms with van der Waals surface area (Å²) in [7, 11) is 0. The second-order valence-corrected chi connectivity index (χ2v) is 4.06. The highest BCUT2D eigenvalue weighted by molar-refractivity contribution is 5.99. The summed E-state index contributed by atoms with van der Waals surface area (Å²) in [6.07, 6.45) is -4.18. The summed E-state index contributed by atoms with van der Waals surface area (Å²) < 4.78 is 55.4. The van der Waals surface area contributed by atoms with E-state index in [1.165, 1.54) is 0 Å². The first kappa shape index (κ1) is 13.0. The molecule has 2 nitrogen and oxygen atoms in total. The van der Waals surface area contributed by atoms with Gasteiger partial charge in [0.2, 0.25) is 0 Å². The second-order valence-electron chi connectivity index (χ2n) is 4.06. The summed E-state index contributed by atoms with van der Waals surface area (Å²) in [5.74, 6) is -1.91. The van der Waals surface area contributed by atoms with Crippen LogP contribution in [0.1, 0.15) is 28.8 Å². The minimum absolute atomic E-state index is 0.0904. The van der Waals surface area contributed by atoms with Crippen LogP contribution in [0.5, 0.6) is 0 Å². The van der Waals surface area contributed by atoms with Crippen molar-refractivity contribution in [3.63, 3.8) is 0 Å². The lowest BCUT2D eigenvalue weighted by Crippen LogP contribution is -2.20. The van der Waals surface area contributed by atoms with Crippen molar-refractivity contribution in [2.24, 2.45) is 0 Å². The van der Waals surface area contributed by atoms with Gasteiger partial charge in [-0.25, -0.2) is 4.39 Å². The summed E-state index contributed by atoms with van der Waals surface area (Å²) in [5, 5.41) is 0. The zero-order valence-electron chi connectivity index (χ0n) is 9.26. The summed E-state index contributed by atoms with van der Waals surface area (Å²) in [4.78, 5) is 11.8. The second kappa shape index (κ2) is 4.68. The van der Waals surface area contributed by atoms with Crippen LogP contribution in [-0.4, -0.2) is 18.5 Å². The molecule has 1 aromatic carbocycles. The van der Waals surface area contributed by atoms with Crippen LogP contribution in [0.3, 0.4) is 0 Å². The number of alkyl halides is 3. The first-order chi connectivity index (χ1) is 8.39. The molecule has 0 aliphatic carbocycles. The first-order valence-corrected chi connectivity index (χ1v) is 5.42. The van der Waals surface area contributed by atoms with Gasteiger partial charge < -0.3 is 4.74 Å². The third-order valence-corrected chi connectivity index (χ3v) is 2.78. The van der Waals surface area contributed by atoms with Crippen LogP contribution < -0.4 is 0 Å². The Morgan fingerprint density at radius 3 is 2.56 bits per heavy atom. The molecule has 1 unspecified atom stereocenters. The normalized spacial score (nSPS) is 20.1. The largest absolute Gasteiger partial charge is 0.419 e. The van der Waals surface area contributed by atoms with Gasteiger partial charge in [0.1, 0.15) is 11.9 Å². The van der Waals surface area contributed by atoms with Crippen molar-refractivity contribution in [2.75, 3.05) is 6.61 Å². The van der Waals surface area contributed by atoms with Gasteiger partial charge in [0.15, 0.2) is 5.78 Å². The van der Waals surface area contributed by atoms with Crippen molar-refractivity contribution in [3.05, 3.63) is 35.1 Å². The Bertz CT molecular complexity index is 462. The number of rotatable bonds is 2. The Morgan fingerprint density at radius 1 is 1.33 bits per heavy atom. The third-order valence-electron chi connectivity index (χ3n) is 2.78. The van der Waals surface area contributed by atoms with Crippen molar-refractivity contribution in [1.29, 1.82) is 0 Å². The molecular formula is C12H10F4O2. The van der Waals surface area contributed by atoms with Gasteiger partial charge in [-0.05, 0) is 25.0 Å². The predicted octanol–water partition coefficient (Wildman–Crippen LogP) is 3.21. The highest BCUT2D eigenvalue weighted by atomic mass is 19.4. The Labute approximate surface area is 101 Å². The number of halogens is 4. The molecule has 18 heavy (non-hydrogen) atoms. The van der Waals surface area contributed by atoms with Crippen LogP contribution in [0.15, 0.2) is 18.2 Å². The minimum Gasteiger partial charge on any atom is -0.370 e. The predicted molar refractivity (Wildman–Crippen MR) is 54.7 cm³/mol. The zero-order valence-corrected chi connectivity index (χ0v) is 9.26. The monoisotopic (exact) mass is 262 g/mol. The summed E-state index contributed by atoms with van der Waals surface area (Å²) in [5.41, 5.74) is -1.46. The molecule has 1 aromatic rings. The van der Waals surface area contributed by atoms with Crippen LogP contribution in [0.2, 0.25) is 0 Å². The van der Waals surface area contributed by atoms with E-state index in [0.29, 0.717) is 25.2 Å². The average molecular weight is 262 g/mol. The summed E-state index contributed by atoms with van der Waals surface area (Å²) in [6.45, 7) is 0.444. The minimum atomic E-state index is -4.75. The molecule has 0 saturated carbocycles. The summed E-state index contributed by atoms with van der Waals surface area (Å²) >= 11 is 0. The van der Waals surface area contributed by atoms with Crippen LogP contribution in [0.25, 0.3) is 0 Å². The van der Waals surface area contributed by atoms with E-state index in [1.54, 1.807) is 0 Å². The Morgan fingerprint density at radius 2 is 2.06 bits per heavy atom. The highest BCUT2D eigenvalue weighted by Crippen LogP contribution is 2.32. The molecule has 98 valence electrons. The van der Waals surface area contributed by atoms with Crippen molar-refractivity contribution in [1.82, 2.24) is 0 Å². The molecule has 2 rings (SSSR count). The molecule has 6 heteroatoms. The van der Waals surface area contributed by atoms with Crippen molar-refractivity contribution in [2.45, 2.75) is 25.1 Å². The lowest BCUT2D eigenvalue weighted by Gasteiger charge is -2.11. The number of Topliss-reactive ketones (excluding diaryl/α,β-unsaturated/α-hetero) is 1. The molecule has 0 bridgehead atoms. The van der Waals surface area contributed by atoms with Gasteiger partial charge in [0.05, 0.1) is 5.56 Å². The van der Waals surface area contributed by atoms with E-state index >= 15 is 0 Å². The molecular weight excluding hydrogens is 252 g/mol. The molecule has 1 aliphatic heterocycles. The maximum atomic E-state index is 13.3. The maximum absolute atomic E-state index is 13.3. The maximum Gasteiger partial charge on any atom is 0.419 e. The van der Waals surface area contributed by atoms with Crippen LogP contribution in [0, 0.1) is 5.82 Å². The topological polar surface area (TPSA) is 26.3 Å². The molecule has 1 atom stereocenters. The van der Waals surface area contributed by atoms with Crippen LogP contribution in [-0.2, 0) is 10.9 Å². The van der Waals surface area contributed by atoms with Gasteiger partial charge in [-0.1, -0.05) is 6.07 Å². The van der Waals surface area contributed by atoms with Gasteiger partial charge in [-0.15, -0.1) is 0 Å². The van der Waals surface area contributed by atoms with E-state index in [9.17, 15) is 22.4 Å². The lowest BCUT2D eigenvalue weighted by atomic mass is 10.0.